The van der Waals surface area contributed by atoms with Crippen molar-refractivity contribution in [3.63, 3.8) is 0 Å². The van der Waals surface area contributed by atoms with Gasteiger partial charge in [0.05, 0.1) is 18.4 Å². The summed E-state index contributed by atoms with van der Waals surface area (Å²) in [5.74, 6) is -1.11. The Balaban J connectivity index is 1.88. The second-order valence-electron chi connectivity index (χ2n) is 3.74. The lowest BCUT2D eigenvalue weighted by atomic mass is 10.3. The fraction of sp³-hybridized carbons (Fsp3) is 0.0833. The fourth-order valence-corrected chi connectivity index (χ4v) is 2.81. The first-order valence-electron chi connectivity index (χ1n) is 5.52. The van der Waals surface area contributed by atoms with Crippen LogP contribution >= 0.6 is 27.3 Å². The lowest BCUT2D eigenvalue weighted by Crippen LogP contribution is -2.28. The van der Waals surface area contributed by atoms with Gasteiger partial charge in [0.15, 0.2) is 0 Å². The van der Waals surface area contributed by atoms with Crippen molar-refractivity contribution in [2.45, 2.75) is 6.54 Å². The van der Waals surface area contributed by atoms with Crippen LogP contribution in [-0.4, -0.2) is 22.1 Å². The Morgan fingerprint density at radius 3 is 2.70 bits per heavy atom. The van der Waals surface area contributed by atoms with E-state index in [1.807, 2.05) is 11.4 Å². The predicted molar refractivity (Wildman–Crippen MR) is 79.1 cm³/mol. The van der Waals surface area contributed by atoms with Crippen molar-refractivity contribution < 1.29 is 14.7 Å². The molecule has 0 fully saturated rings. The van der Waals surface area contributed by atoms with Crippen LogP contribution in [0.1, 0.15) is 15.4 Å². The van der Waals surface area contributed by atoms with Crippen LogP contribution in [0.2, 0.25) is 0 Å². The quantitative estimate of drug-likeness (QED) is 0.786. The number of hydrogen-bond acceptors (Lipinski definition) is 4. The zero-order valence-corrected chi connectivity index (χ0v) is 12.5. The number of nitrogens with zero attached hydrogens (tertiary/aromatic N) is 1. The van der Waals surface area contributed by atoms with Crippen molar-refractivity contribution in [1.82, 2.24) is 10.3 Å². The van der Waals surface area contributed by atoms with Crippen molar-refractivity contribution in [3.8, 4) is 0 Å². The number of nitrogens with one attached hydrogen (secondary N) is 2. The largest absolute Gasteiger partial charge is 0.477 e. The molecule has 0 saturated heterocycles. The standard InChI is InChI=1S/C12H10BrN3O3S/c13-8-3-4-20-10(8)6-15-12(19)16-7-1-2-9(11(17)18)14-5-7/h1-5H,6H2,(H,17,18)(H2,15,16,19). The molecule has 0 aliphatic heterocycles. The molecule has 0 spiro atoms. The minimum atomic E-state index is -1.11. The summed E-state index contributed by atoms with van der Waals surface area (Å²) in [6.45, 7) is 0.407. The molecule has 20 heavy (non-hydrogen) atoms. The van der Waals surface area contributed by atoms with Crippen LogP contribution < -0.4 is 10.6 Å². The summed E-state index contributed by atoms with van der Waals surface area (Å²) in [7, 11) is 0. The number of thiophene rings is 1. The minimum absolute atomic E-state index is 0.0709. The van der Waals surface area contributed by atoms with E-state index >= 15 is 0 Å². The Hall–Kier alpha value is -1.93. The van der Waals surface area contributed by atoms with Crippen LogP contribution in [0.15, 0.2) is 34.2 Å². The zero-order chi connectivity index (χ0) is 14.5. The van der Waals surface area contributed by atoms with Crippen molar-refractivity contribution >= 4 is 45.0 Å². The van der Waals surface area contributed by atoms with E-state index in [1.54, 1.807) is 0 Å². The number of urea groups is 1. The summed E-state index contributed by atoms with van der Waals surface area (Å²) in [4.78, 5) is 27.0. The van der Waals surface area contributed by atoms with Gasteiger partial charge >= 0.3 is 12.0 Å². The second-order valence-corrected chi connectivity index (χ2v) is 5.59. The monoisotopic (exact) mass is 355 g/mol. The highest BCUT2D eigenvalue weighted by atomic mass is 79.9. The minimum Gasteiger partial charge on any atom is -0.477 e. The summed E-state index contributed by atoms with van der Waals surface area (Å²) in [5, 5.41) is 15.9. The average molecular weight is 356 g/mol. The Morgan fingerprint density at radius 2 is 2.15 bits per heavy atom. The third-order valence-electron chi connectivity index (χ3n) is 2.34. The van der Waals surface area contributed by atoms with Gasteiger partial charge in [-0.3, -0.25) is 0 Å². The highest BCUT2D eigenvalue weighted by Gasteiger charge is 2.07. The van der Waals surface area contributed by atoms with E-state index in [2.05, 4.69) is 31.5 Å². The van der Waals surface area contributed by atoms with Crippen LogP contribution in [-0.2, 0) is 6.54 Å². The number of hydrogen-bond donors (Lipinski definition) is 3. The number of carbonyl (C=O) groups excluding carboxylic acids is 1. The van der Waals surface area contributed by atoms with Gasteiger partial charge in [-0.15, -0.1) is 11.3 Å². The molecular formula is C12H10BrN3O3S. The molecule has 2 heterocycles. The Kier molecular flexibility index (Phi) is 4.70. The van der Waals surface area contributed by atoms with E-state index in [4.69, 9.17) is 5.11 Å². The Morgan fingerprint density at radius 1 is 1.35 bits per heavy atom. The SMILES string of the molecule is O=C(NCc1sccc1Br)Nc1ccc(C(=O)O)nc1. The lowest BCUT2D eigenvalue weighted by Gasteiger charge is -2.06. The van der Waals surface area contributed by atoms with E-state index in [0.29, 0.717) is 12.2 Å². The first-order chi connectivity index (χ1) is 9.56. The van der Waals surface area contributed by atoms with Gasteiger partial charge in [-0.2, -0.15) is 0 Å². The van der Waals surface area contributed by atoms with Gasteiger partial charge < -0.3 is 15.7 Å². The highest BCUT2D eigenvalue weighted by molar-refractivity contribution is 9.10. The van der Waals surface area contributed by atoms with E-state index < -0.39 is 5.97 Å². The maximum Gasteiger partial charge on any atom is 0.354 e. The van der Waals surface area contributed by atoms with Gasteiger partial charge in [-0.25, -0.2) is 14.6 Å². The molecule has 0 aliphatic rings. The molecule has 0 unspecified atom stereocenters. The fourth-order valence-electron chi connectivity index (χ4n) is 1.38. The van der Waals surface area contributed by atoms with Gasteiger partial charge in [0.25, 0.3) is 0 Å². The normalized spacial score (nSPS) is 10.1. The van der Waals surface area contributed by atoms with Gasteiger partial charge in [-0.05, 0) is 39.5 Å². The first-order valence-corrected chi connectivity index (χ1v) is 7.19. The molecule has 0 saturated carbocycles. The number of aromatic carboxylic acids is 1. The van der Waals surface area contributed by atoms with Gasteiger partial charge in [0.2, 0.25) is 0 Å². The molecule has 3 N–H and O–H groups in total. The molecule has 2 amide bonds. The van der Waals surface area contributed by atoms with Crippen molar-refractivity contribution in [3.05, 3.63) is 44.8 Å². The van der Waals surface area contributed by atoms with E-state index in [1.165, 1.54) is 29.7 Å². The molecule has 2 aromatic rings. The second kappa shape index (κ2) is 6.49. The number of carboxylic acid groups (broad SMARTS) is 1. The van der Waals surface area contributed by atoms with Crippen molar-refractivity contribution in [1.29, 1.82) is 0 Å². The molecule has 8 heteroatoms. The number of pyridine rings is 1. The number of anilines is 1. The third kappa shape index (κ3) is 3.78. The summed E-state index contributed by atoms with van der Waals surface area (Å²) in [6.07, 6.45) is 1.30. The van der Waals surface area contributed by atoms with Crippen LogP contribution in [0.5, 0.6) is 0 Å². The molecule has 0 bridgehead atoms. The Bertz CT molecular complexity index is 627. The number of aromatic nitrogens is 1. The van der Waals surface area contributed by atoms with Crippen LogP contribution in [0.3, 0.4) is 0 Å². The van der Waals surface area contributed by atoms with Crippen LogP contribution in [0.4, 0.5) is 10.5 Å². The molecule has 0 aliphatic carbocycles. The van der Waals surface area contributed by atoms with E-state index in [-0.39, 0.29) is 11.7 Å². The molecule has 2 aromatic heterocycles. The first kappa shape index (κ1) is 14.5. The summed E-state index contributed by atoms with van der Waals surface area (Å²) in [6, 6.07) is 4.34. The summed E-state index contributed by atoms with van der Waals surface area (Å²) >= 11 is 4.91. The van der Waals surface area contributed by atoms with Gasteiger partial charge in [0.1, 0.15) is 5.69 Å². The molecule has 104 valence electrons. The molecule has 0 aromatic carbocycles. The average Bonchev–Trinajstić information content (AvgIpc) is 2.82. The number of carboxylic acids is 1. The third-order valence-corrected chi connectivity index (χ3v) is 4.27. The zero-order valence-electron chi connectivity index (χ0n) is 10.1. The van der Waals surface area contributed by atoms with Gasteiger partial charge in [0, 0.05) is 9.35 Å². The lowest BCUT2D eigenvalue weighted by molar-refractivity contribution is 0.0690. The summed E-state index contributed by atoms with van der Waals surface area (Å²) < 4.78 is 0.954. The molecular weight excluding hydrogens is 346 g/mol. The number of carbonyl (C=O) groups is 2. The Labute approximate surface area is 127 Å². The number of amides is 2. The maximum atomic E-state index is 11.7. The van der Waals surface area contributed by atoms with Crippen LogP contribution in [0, 0.1) is 0 Å². The predicted octanol–water partition coefficient (Wildman–Crippen LogP) is 2.93. The molecule has 2 rings (SSSR count). The van der Waals surface area contributed by atoms with Gasteiger partial charge in [-0.1, -0.05) is 0 Å². The highest BCUT2D eigenvalue weighted by Crippen LogP contribution is 2.22. The maximum absolute atomic E-state index is 11.7. The van der Waals surface area contributed by atoms with E-state index in [0.717, 1.165) is 9.35 Å². The van der Waals surface area contributed by atoms with Crippen LogP contribution in [0.25, 0.3) is 0 Å². The molecule has 6 nitrogen and oxygen atoms in total. The molecule has 0 atom stereocenters. The number of halogens is 1. The van der Waals surface area contributed by atoms with Crippen molar-refractivity contribution in [2.75, 3.05) is 5.32 Å². The molecule has 0 radical (unpaired) electrons. The number of rotatable bonds is 4. The smallest absolute Gasteiger partial charge is 0.354 e. The summed E-state index contributed by atoms with van der Waals surface area (Å²) in [5.41, 5.74) is 0.358. The van der Waals surface area contributed by atoms with Crippen molar-refractivity contribution in [2.24, 2.45) is 0 Å². The topological polar surface area (TPSA) is 91.3 Å². The van der Waals surface area contributed by atoms with E-state index in [9.17, 15) is 9.59 Å².